The van der Waals surface area contributed by atoms with Crippen LogP contribution in [-0.2, 0) is 4.74 Å². The molecule has 0 fully saturated rings. The summed E-state index contributed by atoms with van der Waals surface area (Å²) in [4.78, 5) is 0. The minimum absolute atomic E-state index is 0.0208. The zero-order valence-electron chi connectivity index (χ0n) is 5.28. The topological polar surface area (TPSA) is 29.5 Å². The third kappa shape index (κ3) is 5.15. The first kappa shape index (κ1) is 9.68. The molecule has 0 rings (SSSR count). The Morgan fingerprint density at radius 1 is 1.89 bits per heavy atom. The van der Waals surface area contributed by atoms with E-state index >= 15 is 0 Å². The largest absolute Gasteiger partial charge is 0.386 e. The summed E-state index contributed by atoms with van der Waals surface area (Å²) in [6, 6.07) is 0. The van der Waals surface area contributed by atoms with E-state index in [1.807, 2.05) is 14.1 Å². The van der Waals surface area contributed by atoms with Gasteiger partial charge in [-0.15, -0.1) is 11.8 Å². The Kier molecular flexibility index (Phi) is 7.32. The molecule has 0 saturated heterocycles. The van der Waals surface area contributed by atoms with Crippen LogP contribution in [0.25, 0.3) is 0 Å². The van der Waals surface area contributed by atoms with Crippen molar-refractivity contribution in [3.8, 4) is 0 Å². The summed E-state index contributed by atoms with van der Waals surface area (Å²) in [7, 11) is 1.87. The maximum Gasteiger partial charge on any atom is 0.160 e. The molecule has 1 unspecified atom stereocenters. The molecule has 9 heavy (non-hydrogen) atoms. The Morgan fingerprint density at radius 3 is 2.89 bits per heavy atom. The summed E-state index contributed by atoms with van der Waals surface area (Å²) in [5, 5.41) is 8.41. The van der Waals surface area contributed by atoms with E-state index in [0.29, 0.717) is 5.94 Å². The fourth-order valence-corrected chi connectivity index (χ4v) is 1.15. The van der Waals surface area contributed by atoms with E-state index in [-0.39, 0.29) is 11.3 Å². The highest BCUT2D eigenvalue weighted by molar-refractivity contribution is 8.00. The number of rotatable bonds is 5. The van der Waals surface area contributed by atoms with E-state index in [1.54, 1.807) is 0 Å². The molecule has 0 bridgehead atoms. The van der Waals surface area contributed by atoms with E-state index in [4.69, 9.17) is 9.84 Å². The van der Waals surface area contributed by atoms with Crippen molar-refractivity contribution < 1.29 is 9.84 Å². The normalized spacial score (nSPS) is 13.2. The monoisotopic (exact) mass is 165 g/mol. The summed E-state index contributed by atoms with van der Waals surface area (Å²) in [5.74, 6) is 0.477. The van der Waals surface area contributed by atoms with Gasteiger partial charge in [0.2, 0.25) is 0 Å². The molecule has 0 saturated carbocycles. The van der Waals surface area contributed by atoms with Gasteiger partial charge in [-0.3, -0.25) is 0 Å². The highest BCUT2D eigenvalue weighted by Gasteiger charge is 2.04. The van der Waals surface area contributed by atoms with Crippen molar-refractivity contribution in [1.29, 1.82) is 0 Å². The lowest BCUT2D eigenvalue weighted by Crippen LogP contribution is -2.14. The SMILES string of the molecule is C[B]C(OCS)SCO. The average molecular weight is 165 g/mol. The van der Waals surface area contributed by atoms with Gasteiger partial charge in [-0.1, -0.05) is 6.82 Å². The maximum atomic E-state index is 8.43. The van der Waals surface area contributed by atoms with Crippen LogP contribution < -0.4 is 0 Å². The van der Waals surface area contributed by atoms with Crippen molar-refractivity contribution in [2.24, 2.45) is 0 Å². The molecule has 0 heterocycles. The molecule has 5 heteroatoms. The first-order valence-electron chi connectivity index (χ1n) is 2.59. The van der Waals surface area contributed by atoms with Crippen LogP contribution in [0.15, 0.2) is 0 Å². The van der Waals surface area contributed by atoms with Gasteiger partial charge in [0.1, 0.15) is 0 Å². The summed E-state index contributed by atoms with van der Waals surface area (Å²) in [6.07, 6.45) is 0. The lowest BCUT2D eigenvalue weighted by molar-refractivity contribution is 0.209. The molecular formula is C4H10BO2S2. The molecule has 0 aliphatic rings. The van der Waals surface area contributed by atoms with Gasteiger partial charge in [0.25, 0.3) is 0 Å². The van der Waals surface area contributed by atoms with Gasteiger partial charge < -0.3 is 9.84 Å². The van der Waals surface area contributed by atoms with Crippen molar-refractivity contribution in [3.63, 3.8) is 0 Å². The van der Waals surface area contributed by atoms with Gasteiger partial charge in [-0.25, -0.2) is 0 Å². The quantitative estimate of drug-likeness (QED) is 0.355. The second-order valence-corrected chi connectivity index (χ2v) is 2.61. The molecule has 0 aliphatic carbocycles. The Balaban J connectivity index is 3.18. The molecule has 0 aromatic carbocycles. The van der Waals surface area contributed by atoms with Crippen LogP contribution in [0.2, 0.25) is 6.82 Å². The highest BCUT2D eigenvalue weighted by Crippen LogP contribution is 2.09. The average Bonchev–Trinajstić information content (AvgIpc) is 1.88. The third-order valence-electron chi connectivity index (χ3n) is 0.750. The minimum Gasteiger partial charge on any atom is -0.386 e. The molecule has 0 aliphatic heterocycles. The molecule has 1 radical (unpaired) electrons. The fraction of sp³-hybridized carbons (Fsp3) is 1.00. The van der Waals surface area contributed by atoms with E-state index in [2.05, 4.69) is 12.6 Å². The Hall–Kier alpha value is 0.685. The van der Waals surface area contributed by atoms with Gasteiger partial charge in [0, 0.05) is 0 Å². The molecular weight excluding hydrogens is 155 g/mol. The van der Waals surface area contributed by atoms with Gasteiger partial charge in [-0.05, 0) is 0 Å². The Morgan fingerprint density at radius 2 is 2.56 bits per heavy atom. The van der Waals surface area contributed by atoms with Crippen LogP contribution in [0, 0.1) is 0 Å². The standard InChI is InChI=1S/C4H10BO2S2/c1-5-4(7-3-8)9-2-6/h4,6,8H,2-3H2,1H3. The van der Waals surface area contributed by atoms with Crippen LogP contribution in [0.1, 0.15) is 0 Å². The zero-order valence-corrected chi connectivity index (χ0v) is 6.99. The van der Waals surface area contributed by atoms with Crippen molar-refractivity contribution in [2.45, 2.75) is 12.2 Å². The second-order valence-electron chi connectivity index (χ2n) is 1.29. The van der Waals surface area contributed by atoms with Crippen molar-refractivity contribution in [1.82, 2.24) is 0 Å². The van der Waals surface area contributed by atoms with Crippen LogP contribution in [-0.4, -0.2) is 29.6 Å². The number of aliphatic hydroxyl groups is 1. The van der Waals surface area contributed by atoms with E-state index in [1.165, 1.54) is 11.8 Å². The van der Waals surface area contributed by atoms with Crippen LogP contribution >= 0.6 is 24.4 Å². The van der Waals surface area contributed by atoms with E-state index in [0.717, 1.165) is 0 Å². The first-order valence-corrected chi connectivity index (χ1v) is 4.27. The summed E-state index contributed by atoms with van der Waals surface area (Å²) >= 11 is 5.20. The second kappa shape index (κ2) is 6.80. The Bertz CT molecular complexity index is 58.5. The highest BCUT2D eigenvalue weighted by atomic mass is 32.2. The van der Waals surface area contributed by atoms with Crippen LogP contribution in [0.4, 0.5) is 0 Å². The summed E-state index contributed by atoms with van der Waals surface area (Å²) in [6.45, 7) is 1.89. The maximum absolute atomic E-state index is 8.43. The van der Waals surface area contributed by atoms with Gasteiger partial charge in [0.05, 0.1) is 17.2 Å². The van der Waals surface area contributed by atoms with E-state index < -0.39 is 0 Å². The van der Waals surface area contributed by atoms with E-state index in [9.17, 15) is 0 Å². The molecule has 1 atom stereocenters. The number of aliphatic hydroxyl groups excluding tert-OH is 1. The van der Waals surface area contributed by atoms with Gasteiger partial charge >= 0.3 is 0 Å². The Labute approximate surface area is 66.0 Å². The molecule has 0 spiro atoms. The lowest BCUT2D eigenvalue weighted by atomic mass is 9.84. The predicted molar refractivity (Wildman–Crippen MR) is 45.0 cm³/mol. The minimum atomic E-state index is -0.0208. The zero-order chi connectivity index (χ0) is 7.11. The summed E-state index contributed by atoms with van der Waals surface area (Å²) < 4.78 is 5.04. The predicted octanol–water partition coefficient (Wildman–Crippen LogP) is 0.609. The molecule has 2 nitrogen and oxygen atoms in total. The number of hydrogen-bond donors (Lipinski definition) is 2. The molecule has 0 aromatic rings. The van der Waals surface area contributed by atoms with Gasteiger partial charge in [-0.2, -0.15) is 12.6 Å². The van der Waals surface area contributed by atoms with Crippen molar-refractivity contribution >= 4 is 31.7 Å². The summed E-state index contributed by atoms with van der Waals surface area (Å²) in [5.41, 5.74) is 0. The fourth-order valence-electron chi connectivity index (χ4n) is 0.387. The number of ether oxygens (including phenoxy) is 1. The van der Waals surface area contributed by atoms with Crippen molar-refractivity contribution in [3.05, 3.63) is 0 Å². The number of thioether (sulfide) groups is 1. The smallest absolute Gasteiger partial charge is 0.160 e. The molecule has 53 valence electrons. The lowest BCUT2D eigenvalue weighted by Gasteiger charge is -2.10. The molecule has 1 N–H and O–H groups in total. The van der Waals surface area contributed by atoms with Gasteiger partial charge in [0.15, 0.2) is 7.28 Å². The number of hydrogen-bond acceptors (Lipinski definition) is 4. The third-order valence-corrected chi connectivity index (χ3v) is 1.78. The molecule has 0 aromatic heterocycles. The van der Waals surface area contributed by atoms with Crippen molar-refractivity contribution in [2.75, 3.05) is 11.9 Å². The van der Waals surface area contributed by atoms with Crippen LogP contribution in [0.5, 0.6) is 0 Å². The van der Waals surface area contributed by atoms with Crippen LogP contribution in [0.3, 0.4) is 0 Å². The number of thiol groups is 1. The molecule has 0 amide bonds. The first-order chi connectivity index (χ1) is 4.35.